The Morgan fingerprint density at radius 1 is 1.12 bits per heavy atom. The predicted octanol–water partition coefficient (Wildman–Crippen LogP) is 2.43. The van der Waals surface area contributed by atoms with Crippen LogP contribution in [-0.2, 0) is 25.5 Å². The second kappa shape index (κ2) is 11.3. The molecule has 3 amide bonds. The Morgan fingerprint density at radius 3 is 2.62 bits per heavy atom. The zero-order chi connectivity index (χ0) is 29.8. The minimum atomic E-state index is -1.11. The van der Waals surface area contributed by atoms with Crippen LogP contribution < -0.4 is 16.0 Å². The van der Waals surface area contributed by atoms with Gasteiger partial charge in [0.2, 0.25) is 11.8 Å². The van der Waals surface area contributed by atoms with Crippen LogP contribution in [0.5, 0.6) is 0 Å². The number of nitrogens with two attached hydrogens (primary N) is 1. The lowest BCUT2D eigenvalue weighted by molar-refractivity contribution is -0.132. The third-order valence-electron chi connectivity index (χ3n) is 9.91. The van der Waals surface area contributed by atoms with Crippen molar-refractivity contribution in [3.8, 4) is 0 Å². The van der Waals surface area contributed by atoms with Gasteiger partial charge in [0.05, 0.1) is 6.61 Å². The fourth-order valence-corrected chi connectivity index (χ4v) is 7.94. The zero-order valence-corrected chi connectivity index (χ0v) is 24.9. The Labute approximate surface area is 247 Å². The van der Waals surface area contributed by atoms with Gasteiger partial charge in [0.15, 0.2) is 0 Å². The lowest BCUT2D eigenvalue weighted by Crippen LogP contribution is -2.57. The first-order valence-corrected chi connectivity index (χ1v) is 15.5. The average Bonchev–Trinajstić information content (AvgIpc) is 3.74. The van der Waals surface area contributed by atoms with E-state index in [-0.39, 0.29) is 18.4 Å². The number of rotatable bonds is 7. The maximum absolute atomic E-state index is 15.4. The van der Waals surface area contributed by atoms with Crippen molar-refractivity contribution in [1.29, 1.82) is 0 Å². The maximum atomic E-state index is 15.4. The molecule has 4 heterocycles. The number of anilines is 1. The standard InChI is InChI=1S/C31H44FN5O5/c1-31(2,3)42-30(40)37-22-7-5-19(12-22)27(37)29(39)34-25(28(33)38)13-18-4-6-21(14-24(18)32)35-15-20-8-10-36(26(20)16-35)23-9-11-41-17-23/h4,6,14,19-20,22-23,25-27H,5,7-13,15-17H2,1-3H3,(H2,33,38)(H,34,39)/t19-,20?,22+,23?,25-,26?,27-/m0/s1. The molecule has 7 atom stereocenters. The molecule has 230 valence electrons. The largest absolute Gasteiger partial charge is 0.444 e. The van der Waals surface area contributed by atoms with Gasteiger partial charge in [-0.1, -0.05) is 6.07 Å². The quantitative estimate of drug-likeness (QED) is 0.505. The minimum Gasteiger partial charge on any atom is -0.444 e. The fraction of sp³-hybridized carbons (Fsp3) is 0.710. The summed E-state index contributed by atoms with van der Waals surface area (Å²) in [5.74, 6) is -1.07. The Hall–Kier alpha value is -2.92. The lowest BCUT2D eigenvalue weighted by Gasteiger charge is -2.36. The number of benzene rings is 1. The van der Waals surface area contributed by atoms with Gasteiger partial charge >= 0.3 is 6.09 Å². The topological polar surface area (TPSA) is 117 Å². The number of fused-ring (bicyclic) bond motifs is 3. The van der Waals surface area contributed by atoms with Crippen LogP contribution >= 0.6 is 0 Å². The summed E-state index contributed by atoms with van der Waals surface area (Å²) >= 11 is 0. The van der Waals surface area contributed by atoms with E-state index in [4.69, 9.17) is 15.2 Å². The third-order valence-corrected chi connectivity index (χ3v) is 9.91. The van der Waals surface area contributed by atoms with Gasteiger partial charge in [0, 0.05) is 49.9 Å². The van der Waals surface area contributed by atoms with Crippen LogP contribution in [0, 0.1) is 17.7 Å². The van der Waals surface area contributed by atoms with Gasteiger partial charge in [-0.3, -0.25) is 19.4 Å². The van der Waals surface area contributed by atoms with E-state index in [0.717, 1.165) is 70.6 Å². The molecule has 3 unspecified atom stereocenters. The molecule has 5 aliphatic rings. The summed E-state index contributed by atoms with van der Waals surface area (Å²) < 4.78 is 26.6. The highest BCUT2D eigenvalue weighted by molar-refractivity contribution is 5.91. The molecular formula is C31H44FN5O5. The number of hydrogen-bond donors (Lipinski definition) is 2. The van der Waals surface area contributed by atoms with E-state index in [1.807, 2.05) is 6.07 Å². The van der Waals surface area contributed by atoms with Crippen molar-refractivity contribution >= 4 is 23.6 Å². The predicted molar refractivity (Wildman–Crippen MR) is 154 cm³/mol. The van der Waals surface area contributed by atoms with E-state index in [9.17, 15) is 14.4 Å². The highest BCUT2D eigenvalue weighted by Crippen LogP contribution is 2.43. The van der Waals surface area contributed by atoms with E-state index in [2.05, 4.69) is 15.1 Å². The summed E-state index contributed by atoms with van der Waals surface area (Å²) in [5.41, 5.74) is 6.11. The van der Waals surface area contributed by atoms with Crippen molar-refractivity contribution in [1.82, 2.24) is 15.1 Å². The van der Waals surface area contributed by atoms with Crippen molar-refractivity contribution in [2.24, 2.45) is 17.6 Å². The molecule has 4 saturated heterocycles. The second-order valence-corrected chi connectivity index (χ2v) is 13.8. The number of halogens is 1. The number of likely N-dealkylation sites (tertiary alicyclic amines) is 2. The third kappa shape index (κ3) is 5.69. The van der Waals surface area contributed by atoms with Crippen molar-refractivity contribution in [2.75, 3.05) is 37.7 Å². The van der Waals surface area contributed by atoms with E-state index < -0.39 is 41.4 Å². The summed E-state index contributed by atoms with van der Waals surface area (Å²) in [4.78, 5) is 45.2. The van der Waals surface area contributed by atoms with Gasteiger partial charge in [-0.05, 0) is 89.0 Å². The number of carbonyl (C=O) groups is 3. The first-order chi connectivity index (χ1) is 20.0. The zero-order valence-electron chi connectivity index (χ0n) is 24.9. The van der Waals surface area contributed by atoms with Crippen molar-refractivity contribution < 1.29 is 28.2 Å². The van der Waals surface area contributed by atoms with Crippen molar-refractivity contribution in [2.45, 2.75) is 95.1 Å². The van der Waals surface area contributed by atoms with Crippen molar-refractivity contribution in [3.05, 3.63) is 29.6 Å². The molecule has 5 fully saturated rings. The number of hydrogen-bond acceptors (Lipinski definition) is 7. The highest BCUT2D eigenvalue weighted by atomic mass is 19.1. The average molecular weight is 586 g/mol. The van der Waals surface area contributed by atoms with E-state index in [0.29, 0.717) is 23.6 Å². The normalized spacial score (nSPS) is 31.4. The maximum Gasteiger partial charge on any atom is 0.411 e. The van der Waals surface area contributed by atoms with Gasteiger partial charge in [-0.15, -0.1) is 0 Å². The monoisotopic (exact) mass is 585 g/mol. The van der Waals surface area contributed by atoms with Crippen LogP contribution in [0.25, 0.3) is 0 Å². The number of carbonyl (C=O) groups excluding carboxylic acids is 3. The molecule has 4 aliphatic heterocycles. The van der Waals surface area contributed by atoms with Gasteiger partial charge in [-0.25, -0.2) is 9.18 Å². The second-order valence-electron chi connectivity index (χ2n) is 13.8. The van der Waals surface area contributed by atoms with Crippen LogP contribution in [0.3, 0.4) is 0 Å². The molecule has 1 aromatic carbocycles. The summed E-state index contributed by atoms with van der Waals surface area (Å²) in [6.07, 6.45) is 3.98. The molecule has 1 saturated carbocycles. The van der Waals surface area contributed by atoms with Gasteiger partial charge in [0.25, 0.3) is 0 Å². The number of nitrogens with one attached hydrogen (secondary N) is 1. The summed E-state index contributed by atoms with van der Waals surface area (Å²) in [5, 5.41) is 2.74. The Morgan fingerprint density at radius 2 is 1.93 bits per heavy atom. The van der Waals surface area contributed by atoms with Crippen LogP contribution in [0.4, 0.5) is 14.9 Å². The number of piperidine rings is 1. The Bertz CT molecular complexity index is 1220. The number of primary amides is 1. The fourth-order valence-electron chi connectivity index (χ4n) is 7.94. The van der Waals surface area contributed by atoms with Crippen LogP contribution in [0.2, 0.25) is 0 Å². The number of nitrogens with zero attached hydrogens (tertiary/aromatic N) is 3. The molecule has 0 aromatic heterocycles. The summed E-state index contributed by atoms with van der Waals surface area (Å²) in [6.45, 7) is 9.83. The molecule has 11 heteroatoms. The molecule has 1 aliphatic carbocycles. The Balaban J connectivity index is 1.11. The Kier molecular flexibility index (Phi) is 7.84. The lowest BCUT2D eigenvalue weighted by atomic mass is 9.97. The molecular weight excluding hydrogens is 541 g/mol. The van der Waals surface area contributed by atoms with Gasteiger partial charge in [0.1, 0.15) is 23.5 Å². The number of ether oxygens (including phenoxy) is 2. The molecule has 1 aromatic rings. The first kappa shape index (κ1) is 29.2. The molecule has 42 heavy (non-hydrogen) atoms. The van der Waals surface area contributed by atoms with E-state index in [1.165, 1.54) is 11.0 Å². The van der Waals surface area contributed by atoms with Crippen LogP contribution in [0.1, 0.15) is 58.4 Å². The molecule has 0 radical (unpaired) electrons. The van der Waals surface area contributed by atoms with Gasteiger partial charge < -0.3 is 25.4 Å². The van der Waals surface area contributed by atoms with Crippen molar-refractivity contribution in [3.63, 3.8) is 0 Å². The smallest absolute Gasteiger partial charge is 0.411 e. The molecule has 6 rings (SSSR count). The molecule has 0 spiro atoms. The van der Waals surface area contributed by atoms with Gasteiger partial charge in [-0.2, -0.15) is 0 Å². The molecule has 2 bridgehead atoms. The molecule has 3 N–H and O–H groups in total. The number of amides is 3. The van der Waals surface area contributed by atoms with Crippen LogP contribution in [-0.4, -0.2) is 96.4 Å². The minimum absolute atomic E-state index is 0.0101. The SMILES string of the molecule is CC(C)(C)OC(=O)N1[C@@H]2CC[C@@H](C2)[C@H]1C(=O)N[C@@H](Cc1ccc(N2CC3CCN(C4CCOC4)C3C2)cc1F)C(N)=O. The molecule has 10 nitrogen and oxygen atoms in total. The van der Waals surface area contributed by atoms with Crippen LogP contribution in [0.15, 0.2) is 18.2 Å². The van der Waals surface area contributed by atoms with E-state index >= 15 is 4.39 Å². The highest BCUT2D eigenvalue weighted by Gasteiger charge is 2.53. The summed E-state index contributed by atoms with van der Waals surface area (Å²) in [7, 11) is 0. The van der Waals surface area contributed by atoms with E-state index in [1.54, 1.807) is 26.8 Å². The summed E-state index contributed by atoms with van der Waals surface area (Å²) in [6, 6.07) is 4.14. The first-order valence-electron chi connectivity index (χ1n) is 15.5.